The number of anilines is 1. The molecule has 4 heterocycles. The fraction of sp³-hybridized carbons (Fsp3) is 0.632. The molecule has 2 aromatic rings. The van der Waals surface area contributed by atoms with Crippen molar-refractivity contribution in [2.45, 2.75) is 32.2 Å². The zero-order chi connectivity index (χ0) is 17.8. The Hall–Kier alpha value is -1.99. The number of rotatable bonds is 6. The van der Waals surface area contributed by atoms with Crippen LogP contribution in [0.5, 0.6) is 0 Å². The van der Waals surface area contributed by atoms with Gasteiger partial charge in [-0.3, -0.25) is 0 Å². The minimum Gasteiger partial charge on any atom is -0.378 e. The maximum absolute atomic E-state index is 5.40. The number of morpholine rings is 1. The quantitative estimate of drug-likeness (QED) is 0.791. The van der Waals surface area contributed by atoms with Crippen LogP contribution in [0.3, 0.4) is 0 Å². The number of imidazole rings is 1. The summed E-state index contributed by atoms with van der Waals surface area (Å²) in [6, 6.07) is 0.435. The van der Waals surface area contributed by atoms with E-state index >= 15 is 0 Å². The minimum absolute atomic E-state index is 0.435. The highest BCUT2D eigenvalue weighted by Crippen LogP contribution is 2.25. The largest absolute Gasteiger partial charge is 0.378 e. The molecule has 0 aromatic carbocycles. The highest BCUT2D eigenvalue weighted by atomic mass is 16.5. The van der Waals surface area contributed by atoms with E-state index in [2.05, 4.69) is 36.2 Å². The fourth-order valence-electron chi connectivity index (χ4n) is 3.88. The number of hydrogen-bond donors (Lipinski definition) is 0. The molecule has 0 unspecified atom stereocenters. The van der Waals surface area contributed by atoms with Gasteiger partial charge in [0.2, 0.25) is 5.95 Å². The first-order chi connectivity index (χ1) is 12.8. The zero-order valence-electron chi connectivity index (χ0n) is 15.5. The van der Waals surface area contributed by atoms with Crippen LogP contribution in [0, 0.1) is 0 Å². The van der Waals surface area contributed by atoms with Crippen LogP contribution in [0.25, 0.3) is 11.3 Å². The topological polar surface area (TPSA) is 59.3 Å². The van der Waals surface area contributed by atoms with E-state index in [4.69, 9.17) is 4.74 Å². The number of hydrogen-bond acceptors (Lipinski definition) is 6. The number of likely N-dealkylation sites (tertiary alicyclic amines) is 1. The summed E-state index contributed by atoms with van der Waals surface area (Å²) in [4.78, 5) is 18.3. The van der Waals surface area contributed by atoms with E-state index in [9.17, 15) is 0 Å². The Balaban J connectivity index is 1.51. The summed E-state index contributed by atoms with van der Waals surface area (Å²) in [5.74, 6) is 0.784. The Morgan fingerprint density at radius 1 is 1.04 bits per heavy atom. The summed E-state index contributed by atoms with van der Waals surface area (Å²) >= 11 is 0. The maximum atomic E-state index is 5.40. The first-order valence-electron chi connectivity index (χ1n) is 9.74. The average Bonchev–Trinajstić information content (AvgIpc) is 3.39. The second-order valence-corrected chi connectivity index (χ2v) is 7.13. The van der Waals surface area contributed by atoms with Crippen LogP contribution in [-0.2, 0) is 4.74 Å². The van der Waals surface area contributed by atoms with Gasteiger partial charge in [-0.15, -0.1) is 0 Å². The SMILES string of the molecule is CC[C@H](CN1CCCC1)n1cncc1-c1cnc(N2CCOCC2)nc1. The molecular formula is C19H28N6O. The van der Waals surface area contributed by atoms with Crippen molar-refractivity contribution in [2.75, 3.05) is 50.8 Å². The van der Waals surface area contributed by atoms with Gasteiger partial charge in [-0.05, 0) is 32.4 Å². The third-order valence-corrected chi connectivity index (χ3v) is 5.43. The van der Waals surface area contributed by atoms with Crippen LogP contribution < -0.4 is 4.90 Å². The van der Waals surface area contributed by atoms with Gasteiger partial charge in [0.25, 0.3) is 0 Å². The lowest BCUT2D eigenvalue weighted by Gasteiger charge is -2.27. The molecule has 140 valence electrons. The molecule has 7 nitrogen and oxygen atoms in total. The molecule has 7 heteroatoms. The lowest BCUT2D eigenvalue weighted by molar-refractivity contribution is 0.122. The van der Waals surface area contributed by atoms with Crippen LogP contribution in [0.4, 0.5) is 5.95 Å². The molecule has 0 radical (unpaired) electrons. The number of ether oxygens (including phenoxy) is 1. The molecule has 2 saturated heterocycles. The van der Waals surface area contributed by atoms with E-state index in [0.717, 1.165) is 56.5 Å². The summed E-state index contributed by atoms with van der Waals surface area (Å²) in [6.07, 6.45) is 11.5. The fourth-order valence-corrected chi connectivity index (χ4v) is 3.88. The second-order valence-electron chi connectivity index (χ2n) is 7.13. The molecule has 0 aliphatic carbocycles. The summed E-state index contributed by atoms with van der Waals surface area (Å²) in [6.45, 7) is 8.97. The van der Waals surface area contributed by atoms with Crippen molar-refractivity contribution in [3.8, 4) is 11.3 Å². The predicted molar refractivity (Wildman–Crippen MR) is 101 cm³/mol. The van der Waals surface area contributed by atoms with Crippen molar-refractivity contribution >= 4 is 5.95 Å². The monoisotopic (exact) mass is 356 g/mol. The third kappa shape index (κ3) is 3.73. The van der Waals surface area contributed by atoms with E-state index in [0.29, 0.717) is 6.04 Å². The highest BCUT2D eigenvalue weighted by Gasteiger charge is 2.20. The summed E-state index contributed by atoms with van der Waals surface area (Å²) < 4.78 is 7.70. The summed E-state index contributed by atoms with van der Waals surface area (Å²) in [5.41, 5.74) is 2.13. The van der Waals surface area contributed by atoms with Gasteiger partial charge in [0, 0.05) is 43.6 Å². The van der Waals surface area contributed by atoms with E-state index in [-0.39, 0.29) is 0 Å². The number of aromatic nitrogens is 4. The molecule has 26 heavy (non-hydrogen) atoms. The molecule has 4 rings (SSSR count). The van der Waals surface area contributed by atoms with E-state index < -0.39 is 0 Å². The van der Waals surface area contributed by atoms with Gasteiger partial charge in [-0.25, -0.2) is 15.0 Å². The van der Waals surface area contributed by atoms with Crippen molar-refractivity contribution in [2.24, 2.45) is 0 Å². The van der Waals surface area contributed by atoms with Gasteiger partial charge in [0.1, 0.15) is 0 Å². The van der Waals surface area contributed by atoms with Gasteiger partial charge in [-0.1, -0.05) is 6.92 Å². The Morgan fingerprint density at radius 3 is 2.46 bits per heavy atom. The molecule has 1 atom stereocenters. The van der Waals surface area contributed by atoms with Gasteiger partial charge in [-0.2, -0.15) is 0 Å². The van der Waals surface area contributed by atoms with Crippen LogP contribution in [0.2, 0.25) is 0 Å². The molecule has 0 bridgehead atoms. The molecule has 2 aliphatic rings. The molecule has 2 fully saturated rings. The molecule has 0 N–H and O–H groups in total. The average molecular weight is 356 g/mol. The Kier molecular flexibility index (Phi) is 5.45. The van der Waals surface area contributed by atoms with Crippen LogP contribution in [-0.4, -0.2) is 70.4 Å². The van der Waals surface area contributed by atoms with E-state index in [1.807, 2.05) is 24.9 Å². The Labute approximate surface area is 155 Å². The van der Waals surface area contributed by atoms with Crippen molar-refractivity contribution in [3.05, 3.63) is 24.9 Å². The Morgan fingerprint density at radius 2 is 1.77 bits per heavy atom. The van der Waals surface area contributed by atoms with Gasteiger partial charge < -0.3 is 19.1 Å². The molecule has 0 amide bonds. The molecule has 0 saturated carbocycles. The minimum atomic E-state index is 0.435. The maximum Gasteiger partial charge on any atom is 0.225 e. The number of nitrogens with zero attached hydrogens (tertiary/aromatic N) is 6. The predicted octanol–water partition coefficient (Wildman–Crippen LogP) is 2.22. The second kappa shape index (κ2) is 8.14. The standard InChI is InChI=1S/C19H28N6O/c1-2-17(14-23-5-3-4-6-23)25-15-20-13-18(25)16-11-21-19(22-12-16)24-7-9-26-10-8-24/h11-13,15,17H,2-10,14H2,1H3/t17-/m1/s1. The molecule has 2 aromatic heterocycles. The van der Waals surface area contributed by atoms with Crippen LogP contribution in [0.1, 0.15) is 32.2 Å². The molecular weight excluding hydrogens is 328 g/mol. The first-order valence-corrected chi connectivity index (χ1v) is 9.74. The van der Waals surface area contributed by atoms with Gasteiger partial charge >= 0.3 is 0 Å². The smallest absolute Gasteiger partial charge is 0.225 e. The van der Waals surface area contributed by atoms with Gasteiger partial charge in [0.05, 0.1) is 31.4 Å². The van der Waals surface area contributed by atoms with Crippen LogP contribution in [0.15, 0.2) is 24.9 Å². The lowest BCUT2D eigenvalue weighted by Crippen LogP contribution is -2.37. The van der Waals surface area contributed by atoms with Crippen molar-refractivity contribution in [1.29, 1.82) is 0 Å². The summed E-state index contributed by atoms with van der Waals surface area (Å²) in [5, 5.41) is 0. The normalized spacial score (nSPS) is 19.8. The van der Waals surface area contributed by atoms with E-state index in [1.54, 1.807) is 0 Å². The summed E-state index contributed by atoms with van der Waals surface area (Å²) in [7, 11) is 0. The van der Waals surface area contributed by atoms with E-state index in [1.165, 1.54) is 25.9 Å². The highest BCUT2D eigenvalue weighted by molar-refractivity contribution is 5.57. The lowest BCUT2D eigenvalue weighted by atomic mass is 10.1. The zero-order valence-corrected chi connectivity index (χ0v) is 15.5. The van der Waals surface area contributed by atoms with Crippen molar-refractivity contribution in [3.63, 3.8) is 0 Å². The molecule has 0 spiro atoms. The Bertz CT molecular complexity index is 688. The third-order valence-electron chi connectivity index (χ3n) is 5.43. The van der Waals surface area contributed by atoms with Gasteiger partial charge in [0.15, 0.2) is 0 Å². The van der Waals surface area contributed by atoms with Crippen LogP contribution >= 0.6 is 0 Å². The first kappa shape index (κ1) is 17.4. The van der Waals surface area contributed by atoms with Crippen molar-refractivity contribution < 1.29 is 4.74 Å². The molecule has 2 aliphatic heterocycles. The van der Waals surface area contributed by atoms with Crippen molar-refractivity contribution in [1.82, 2.24) is 24.4 Å².